The summed E-state index contributed by atoms with van der Waals surface area (Å²) in [6, 6.07) is 9.92. The van der Waals surface area contributed by atoms with E-state index in [1.165, 1.54) is 22.5 Å². The van der Waals surface area contributed by atoms with E-state index >= 15 is 0 Å². The highest BCUT2D eigenvalue weighted by atomic mass is 35.5. The Kier molecular flexibility index (Phi) is 4.51. The molecular weight excluding hydrogens is 364 g/mol. The largest absolute Gasteiger partial charge is 0.486 e. The molecule has 0 radical (unpaired) electrons. The molecule has 0 aromatic heterocycles. The molecule has 0 unspecified atom stereocenters. The first-order chi connectivity index (χ1) is 10.9. The van der Waals surface area contributed by atoms with Crippen molar-refractivity contribution in [3.05, 3.63) is 58.3 Å². The van der Waals surface area contributed by atoms with Gasteiger partial charge < -0.3 is 4.74 Å². The van der Waals surface area contributed by atoms with Crippen LogP contribution in [0, 0.1) is 5.82 Å². The molecule has 0 aliphatic carbocycles. The highest BCUT2D eigenvalue weighted by Crippen LogP contribution is 2.33. The molecule has 1 aliphatic rings. The normalized spacial score (nSPS) is 16.1. The fourth-order valence-electron chi connectivity index (χ4n) is 2.20. The predicted octanol–water partition coefficient (Wildman–Crippen LogP) is 3.58. The van der Waals surface area contributed by atoms with E-state index < -0.39 is 15.8 Å². The first kappa shape index (κ1) is 16.5. The van der Waals surface area contributed by atoms with Crippen molar-refractivity contribution >= 4 is 33.2 Å². The molecule has 3 rings (SSSR count). The van der Waals surface area contributed by atoms with E-state index in [0.29, 0.717) is 15.8 Å². The van der Waals surface area contributed by atoms with Crippen LogP contribution in [0.2, 0.25) is 10.0 Å². The lowest BCUT2D eigenvalue weighted by atomic mass is 10.2. The van der Waals surface area contributed by atoms with Crippen LogP contribution < -0.4 is 4.74 Å². The van der Waals surface area contributed by atoms with E-state index in [9.17, 15) is 12.8 Å². The number of hydrogen-bond acceptors (Lipinski definition) is 3. The van der Waals surface area contributed by atoms with Gasteiger partial charge in [-0.2, -0.15) is 4.31 Å². The number of sulfonamides is 1. The number of ether oxygens (including phenoxy) is 1. The zero-order chi connectivity index (χ0) is 16.6. The summed E-state index contributed by atoms with van der Waals surface area (Å²) in [5, 5.41) is 0.660. The van der Waals surface area contributed by atoms with Crippen LogP contribution in [0.25, 0.3) is 0 Å². The maximum atomic E-state index is 13.2. The van der Waals surface area contributed by atoms with Crippen LogP contribution >= 0.6 is 23.2 Å². The van der Waals surface area contributed by atoms with Crippen LogP contribution in [0.15, 0.2) is 47.4 Å². The Bertz CT molecular complexity index is 838. The molecule has 0 N–H and O–H groups in total. The Balaban J connectivity index is 1.68. The van der Waals surface area contributed by atoms with Crippen molar-refractivity contribution in [2.75, 3.05) is 13.1 Å². The zero-order valence-electron chi connectivity index (χ0n) is 11.7. The maximum Gasteiger partial charge on any atom is 0.243 e. The van der Waals surface area contributed by atoms with Crippen LogP contribution in [0.1, 0.15) is 0 Å². The molecule has 8 heteroatoms. The molecule has 0 bridgehead atoms. The zero-order valence-corrected chi connectivity index (χ0v) is 14.1. The average molecular weight is 376 g/mol. The maximum absolute atomic E-state index is 13.2. The van der Waals surface area contributed by atoms with Crippen molar-refractivity contribution in [1.29, 1.82) is 0 Å². The molecule has 0 amide bonds. The minimum Gasteiger partial charge on any atom is -0.486 e. The van der Waals surface area contributed by atoms with Crippen LogP contribution in [0.5, 0.6) is 5.75 Å². The van der Waals surface area contributed by atoms with Crippen LogP contribution in [-0.4, -0.2) is 31.9 Å². The molecule has 2 aromatic rings. The second kappa shape index (κ2) is 6.28. The highest BCUT2D eigenvalue weighted by Gasteiger charge is 2.38. The van der Waals surface area contributed by atoms with Gasteiger partial charge in [0, 0.05) is 0 Å². The molecule has 1 heterocycles. The highest BCUT2D eigenvalue weighted by molar-refractivity contribution is 7.89. The van der Waals surface area contributed by atoms with Crippen molar-refractivity contribution in [1.82, 2.24) is 4.31 Å². The van der Waals surface area contributed by atoms with E-state index in [-0.39, 0.29) is 24.1 Å². The number of halogens is 3. The standard InChI is InChI=1S/C15H12Cl2FNO3S/c16-13-5-2-6-14(15(13)17)22-11-8-19(9-11)23(20,21)12-4-1-3-10(18)7-12/h1-7,11H,8-9H2. The Hall–Kier alpha value is -1.34. The van der Waals surface area contributed by atoms with Gasteiger partial charge in [0.1, 0.15) is 22.7 Å². The Morgan fingerprint density at radius 2 is 1.83 bits per heavy atom. The first-order valence-electron chi connectivity index (χ1n) is 6.74. The molecule has 23 heavy (non-hydrogen) atoms. The minimum absolute atomic E-state index is 0.0725. The van der Waals surface area contributed by atoms with Crippen molar-refractivity contribution in [2.45, 2.75) is 11.0 Å². The first-order valence-corrected chi connectivity index (χ1v) is 8.94. The lowest BCUT2D eigenvalue weighted by molar-refractivity contribution is 0.0763. The molecule has 1 aliphatic heterocycles. The summed E-state index contributed by atoms with van der Waals surface area (Å²) >= 11 is 11.9. The van der Waals surface area contributed by atoms with Crippen molar-refractivity contribution in [2.24, 2.45) is 0 Å². The SMILES string of the molecule is O=S(=O)(c1cccc(F)c1)N1CC(Oc2cccc(Cl)c2Cl)C1. The molecule has 2 aromatic carbocycles. The van der Waals surface area contributed by atoms with Gasteiger partial charge in [0.05, 0.1) is 23.0 Å². The summed E-state index contributed by atoms with van der Waals surface area (Å²) < 4.78 is 44.8. The van der Waals surface area contributed by atoms with Gasteiger partial charge in [-0.25, -0.2) is 12.8 Å². The molecule has 4 nitrogen and oxygen atoms in total. The lowest BCUT2D eigenvalue weighted by Gasteiger charge is -2.37. The average Bonchev–Trinajstić information content (AvgIpc) is 2.46. The van der Waals surface area contributed by atoms with E-state index in [0.717, 1.165) is 6.07 Å². The lowest BCUT2D eigenvalue weighted by Crippen LogP contribution is -2.55. The van der Waals surface area contributed by atoms with Crippen molar-refractivity contribution < 1.29 is 17.5 Å². The Morgan fingerprint density at radius 3 is 2.52 bits per heavy atom. The topological polar surface area (TPSA) is 46.6 Å². The summed E-state index contributed by atoms with van der Waals surface area (Å²) in [7, 11) is -3.71. The molecule has 1 saturated heterocycles. The summed E-state index contributed by atoms with van der Waals surface area (Å²) in [6.07, 6.45) is -0.325. The van der Waals surface area contributed by atoms with Gasteiger partial charge in [0.15, 0.2) is 0 Å². The monoisotopic (exact) mass is 375 g/mol. The van der Waals surface area contributed by atoms with Crippen LogP contribution in [0.3, 0.4) is 0 Å². The number of benzene rings is 2. The fraction of sp³-hybridized carbons (Fsp3) is 0.200. The third-order valence-electron chi connectivity index (χ3n) is 3.46. The van der Waals surface area contributed by atoms with Gasteiger partial charge >= 0.3 is 0 Å². The summed E-state index contributed by atoms with van der Waals surface area (Å²) in [6.45, 7) is 0.337. The van der Waals surface area contributed by atoms with E-state index in [4.69, 9.17) is 27.9 Å². The summed E-state index contributed by atoms with van der Waals surface area (Å²) in [5.74, 6) is -0.183. The van der Waals surface area contributed by atoms with Crippen molar-refractivity contribution in [3.63, 3.8) is 0 Å². The molecule has 122 valence electrons. The smallest absolute Gasteiger partial charge is 0.243 e. The molecule has 0 atom stereocenters. The van der Waals surface area contributed by atoms with Crippen LogP contribution in [0.4, 0.5) is 4.39 Å². The van der Waals surface area contributed by atoms with E-state index in [1.54, 1.807) is 18.2 Å². The number of rotatable bonds is 4. The van der Waals surface area contributed by atoms with Gasteiger partial charge in [0.2, 0.25) is 10.0 Å². The van der Waals surface area contributed by atoms with E-state index in [2.05, 4.69) is 0 Å². The van der Waals surface area contributed by atoms with Gasteiger partial charge in [-0.3, -0.25) is 0 Å². The predicted molar refractivity (Wildman–Crippen MR) is 86.0 cm³/mol. The number of hydrogen-bond donors (Lipinski definition) is 0. The molecule has 0 saturated carbocycles. The van der Waals surface area contributed by atoms with E-state index in [1.807, 2.05) is 0 Å². The fourth-order valence-corrected chi connectivity index (χ4v) is 4.07. The second-order valence-corrected chi connectivity index (χ2v) is 7.79. The van der Waals surface area contributed by atoms with Gasteiger partial charge in [-0.05, 0) is 30.3 Å². The molecule has 1 fully saturated rings. The second-order valence-electron chi connectivity index (χ2n) is 5.07. The van der Waals surface area contributed by atoms with Gasteiger partial charge in [-0.15, -0.1) is 0 Å². The third kappa shape index (κ3) is 3.30. The van der Waals surface area contributed by atoms with Gasteiger partial charge in [-0.1, -0.05) is 35.3 Å². The summed E-state index contributed by atoms with van der Waals surface area (Å²) in [4.78, 5) is -0.0725. The quantitative estimate of drug-likeness (QED) is 0.820. The third-order valence-corrected chi connectivity index (χ3v) is 6.09. The van der Waals surface area contributed by atoms with Crippen molar-refractivity contribution in [3.8, 4) is 5.75 Å². The van der Waals surface area contributed by atoms with Crippen LogP contribution in [-0.2, 0) is 10.0 Å². The number of nitrogens with zero attached hydrogens (tertiary/aromatic N) is 1. The summed E-state index contributed by atoms with van der Waals surface area (Å²) in [5.41, 5.74) is 0. The molecule has 0 spiro atoms. The minimum atomic E-state index is -3.71. The Labute approximate surface area is 143 Å². The molecular formula is C15H12Cl2FNO3S. The Morgan fingerprint density at radius 1 is 1.13 bits per heavy atom. The van der Waals surface area contributed by atoms with Gasteiger partial charge in [0.25, 0.3) is 0 Å².